The van der Waals surface area contributed by atoms with Crippen LogP contribution in [0.5, 0.6) is 0 Å². The van der Waals surface area contributed by atoms with Crippen molar-refractivity contribution < 1.29 is 9.59 Å². The van der Waals surface area contributed by atoms with Gasteiger partial charge in [-0.25, -0.2) is 4.79 Å². The number of carbonyl (C=O) groups excluding carboxylic acids is 2. The minimum atomic E-state index is -0.244. The van der Waals surface area contributed by atoms with Gasteiger partial charge in [0.2, 0.25) is 0 Å². The zero-order valence-electron chi connectivity index (χ0n) is 10.3. The van der Waals surface area contributed by atoms with E-state index >= 15 is 0 Å². The van der Waals surface area contributed by atoms with Gasteiger partial charge in [0.25, 0.3) is 0 Å². The molecule has 2 amide bonds. The SMILES string of the molecule is O=C(NCC(=O)c1ccccc1)NC1CCCC1. The molecule has 0 radical (unpaired) electrons. The summed E-state index contributed by atoms with van der Waals surface area (Å²) in [7, 11) is 0. The third-order valence-corrected chi connectivity index (χ3v) is 3.20. The molecule has 1 saturated carbocycles. The standard InChI is InChI=1S/C14H18N2O2/c17-13(11-6-2-1-3-7-11)10-15-14(18)16-12-8-4-5-9-12/h1-3,6-7,12H,4-5,8-10H2,(H2,15,16,18). The molecule has 1 fully saturated rings. The van der Waals surface area contributed by atoms with E-state index in [1.165, 1.54) is 12.8 Å². The van der Waals surface area contributed by atoms with Crippen LogP contribution in [-0.2, 0) is 0 Å². The van der Waals surface area contributed by atoms with Crippen molar-refractivity contribution >= 4 is 11.8 Å². The summed E-state index contributed by atoms with van der Waals surface area (Å²) in [6, 6.07) is 9.01. The highest BCUT2D eigenvalue weighted by molar-refractivity contribution is 5.99. The predicted octanol–water partition coefficient (Wildman–Crippen LogP) is 2.11. The van der Waals surface area contributed by atoms with E-state index in [1.54, 1.807) is 12.1 Å². The highest BCUT2D eigenvalue weighted by Crippen LogP contribution is 2.17. The Morgan fingerprint density at radius 3 is 2.44 bits per heavy atom. The molecule has 0 bridgehead atoms. The minimum Gasteiger partial charge on any atom is -0.335 e. The van der Waals surface area contributed by atoms with Gasteiger partial charge < -0.3 is 10.6 Å². The molecule has 4 nitrogen and oxygen atoms in total. The van der Waals surface area contributed by atoms with Crippen molar-refractivity contribution in [1.82, 2.24) is 10.6 Å². The average Bonchev–Trinajstić information content (AvgIpc) is 2.90. The topological polar surface area (TPSA) is 58.2 Å². The van der Waals surface area contributed by atoms with Crippen LogP contribution in [0, 0.1) is 0 Å². The van der Waals surface area contributed by atoms with Gasteiger partial charge in [-0.15, -0.1) is 0 Å². The van der Waals surface area contributed by atoms with Crippen molar-refractivity contribution in [2.45, 2.75) is 31.7 Å². The number of Topliss-reactive ketones (excluding diaryl/α,β-unsaturated/α-hetero) is 1. The maximum Gasteiger partial charge on any atom is 0.315 e. The summed E-state index contributed by atoms with van der Waals surface area (Å²) in [4.78, 5) is 23.3. The first-order valence-electron chi connectivity index (χ1n) is 6.38. The monoisotopic (exact) mass is 246 g/mol. The van der Waals surface area contributed by atoms with Crippen molar-refractivity contribution in [3.05, 3.63) is 35.9 Å². The Morgan fingerprint density at radius 2 is 1.78 bits per heavy atom. The Bertz CT molecular complexity index is 411. The van der Waals surface area contributed by atoms with E-state index in [2.05, 4.69) is 10.6 Å². The van der Waals surface area contributed by atoms with Gasteiger partial charge in [-0.3, -0.25) is 4.79 Å². The second kappa shape index (κ2) is 6.19. The van der Waals surface area contributed by atoms with Crippen LogP contribution in [0.4, 0.5) is 4.79 Å². The van der Waals surface area contributed by atoms with E-state index in [9.17, 15) is 9.59 Å². The molecule has 1 aliphatic carbocycles. The first-order valence-corrected chi connectivity index (χ1v) is 6.38. The zero-order valence-corrected chi connectivity index (χ0v) is 10.3. The summed E-state index contributed by atoms with van der Waals surface area (Å²) in [5.41, 5.74) is 0.624. The van der Waals surface area contributed by atoms with E-state index in [0.29, 0.717) is 5.56 Å². The van der Waals surface area contributed by atoms with Crippen molar-refractivity contribution in [2.75, 3.05) is 6.54 Å². The van der Waals surface area contributed by atoms with Gasteiger partial charge in [0.05, 0.1) is 6.54 Å². The molecule has 2 N–H and O–H groups in total. The molecule has 0 unspecified atom stereocenters. The van der Waals surface area contributed by atoms with Crippen LogP contribution in [0.25, 0.3) is 0 Å². The van der Waals surface area contributed by atoms with Crippen LogP contribution in [0.2, 0.25) is 0 Å². The number of amides is 2. The number of urea groups is 1. The lowest BCUT2D eigenvalue weighted by Crippen LogP contribution is -2.42. The normalized spacial score (nSPS) is 15.3. The fourth-order valence-corrected chi connectivity index (χ4v) is 2.19. The smallest absolute Gasteiger partial charge is 0.315 e. The van der Waals surface area contributed by atoms with Gasteiger partial charge in [-0.05, 0) is 12.8 Å². The second-order valence-corrected chi connectivity index (χ2v) is 4.60. The number of hydrogen-bond acceptors (Lipinski definition) is 2. The van der Waals surface area contributed by atoms with Crippen molar-refractivity contribution in [1.29, 1.82) is 0 Å². The van der Waals surface area contributed by atoms with Crippen LogP contribution in [0.3, 0.4) is 0 Å². The Morgan fingerprint density at radius 1 is 1.11 bits per heavy atom. The molecule has 0 aromatic heterocycles. The van der Waals surface area contributed by atoms with Crippen LogP contribution < -0.4 is 10.6 Å². The van der Waals surface area contributed by atoms with E-state index in [1.807, 2.05) is 18.2 Å². The molecule has 2 rings (SSSR count). The number of ketones is 1. The van der Waals surface area contributed by atoms with Crippen LogP contribution in [0.1, 0.15) is 36.0 Å². The number of nitrogens with one attached hydrogen (secondary N) is 2. The molecule has 0 atom stereocenters. The maximum atomic E-state index is 11.7. The van der Waals surface area contributed by atoms with Crippen molar-refractivity contribution in [3.63, 3.8) is 0 Å². The van der Waals surface area contributed by atoms with E-state index < -0.39 is 0 Å². The van der Waals surface area contributed by atoms with E-state index in [-0.39, 0.29) is 24.4 Å². The molecular weight excluding hydrogens is 228 g/mol. The number of carbonyl (C=O) groups is 2. The number of rotatable bonds is 4. The highest BCUT2D eigenvalue weighted by atomic mass is 16.2. The Balaban J connectivity index is 1.74. The van der Waals surface area contributed by atoms with E-state index in [0.717, 1.165) is 12.8 Å². The number of benzene rings is 1. The first-order chi connectivity index (χ1) is 8.75. The molecule has 0 aliphatic heterocycles. The van der Waals surface area contributed by atoms with Gasteiger partial charge in [0.1, 0.15) is 0 Å². The van der Waals surface area contributed by atoms with Crippen molar-refractivity contribution in [2.24, 2.45) is 0 Å². The van der Waals surface area contributed by atoms with Gasteiger partial charge in [0, 0.05) is 11.6 Å². The zero-order chi connectivity index (χ0) is 12.8. The summed E-state index contributed by atoms with van der Waals surface area (Å²) < 4.78 is 0. The summed E-state index contributed by atoms with van der Waals surface area (Å²) in [5, 5.41) is 5.49. The average molecular weight is 246 g/mol. The van der Waals surface area contributed by atoms with Crippen LogP contribution in [-0.4, -0.2) is 24.4 Å². The first kappa shape index (κ1) is 12.6. The molecule has 0 heterocycles. The molecule has 0 spiro atoms. The summed E-state index contributed by atoms with van der Waals surface area (Å²) in [6.07, 6.45) is 4.43. The molecule has 96 valence electrons. The molecule has 1 aliphatic rings. The summed E-state index contributed by atoms with van der Waals surface area (Å²) >= 11 is 0. The van der Waals surface area contributed by atoms with Crippen molar-refractivity contribution in [3.8, 4) is 0 Å². The Kier molecular flexibility index (Phi) is 4.34. The number of hydrogen-bond donors (Lipinski definition) is 2. The van der Waals surface area contributed by atoms with Gasteiger partial charge in [-0.2, -0.15) is 0 Å². The lowest BCUT2D eigenvalue weighted by Gasteiger charge is -2.12. The van der Waals surface area contributed by atoms with Crippen LogP contribution >= 0.6 is 0 Å². The summed E-state index contributed by atoms with van der Waals surface area (Å²) in [5.74, 6) is -0.0721. The Hall–Kier alpha value is -1.84. The summed E-state index contributed by atoms with van der Waals surface area (Å²) in [6.45, 7) is 0.0442. The lowest BCUT2D eigenvalue weighted by molar-refractivity contribution is 0.0992. The van der Waals surface area contributed by atoms with Crippen LogP contribution in [0.15, 0.2) is 30.3 Å². The molecule has 4 heteroatoms. The fraction of sp³-hybridized carbons (Fsp3) is 0.429. The molecule has 1 aromatic rings. The van der Waals surface area contributed by atoms with Gasteiger partial charge in [-0.1, -0.05) is 43.2 Å². The third-order valence-electron chi connectivity index (χ3n) is 3.20. The quantitative estimate of drug-likeness (QED) is 0.799. The minimum absolute atomic E-state index is 0.0442. The maximum absolute atomic E-state index is 11.7. The largest absolute Gasteiger partial charge is 0.335 e. The van der Waals surface area contributed by atoms with Gasteiger partial charge in [0.15, 0.2) is 5.78 Å². The molecule has 1 aromatic carbocycles. The van der Waals surface area contributed by atoms with Gasteiger partial charge >= 0.3 is 6.03 Å². The lowest BCUT2D eigenvalue weighted by atomic mass is 10.1. The molecular formula is C14H18N2O2. The third kappa shape index (κ3) is 3.58. The predicted molar refractivity (Wildman–Crippen MR) is 69.6 cm³/mol. The fourth-order valence-electron chi connectivity index (χ4n) is 2.19. The molecule has 18 heavy (non-hydrogen) atoms. The highest BCUT2D eigenvalue weighted by Gasteiger charge is 2.17. The Labute approximate surface area is 107 Å². The second-order valence-electron chi connectivity index (χ2n) is 4.60. The molecule has 0 saturated heterocycles. The van der Waals surface area contributed by atoms with E-state index in [4.69, 9.17) is 0 Å².